The minimum absolute atomic E-state index is 0.152. The molecule has 5 atom stereocenters. The summed E-state index contributed by atoms with van der Waals surface area (Å²) in [6.45, 7) is 0.220. The highest BCUT2D eigenvalue weighted by Crippen LogP contribution is 2.51. The zero-order valence-electron chi connectivity index (χ0n) is 8.69. The lowest BCUT2D eigenvalue weighted by Gasteiger charge is -2.27. The summed E-state index contributed by atoms with van der Waals surface area (Å²) in [5.74, 6) is 2.81. The summed E-state index contributed by atoms with van der Waals surface area (Å²) in [5.41, 5.74) is 0. The Morgan fingerprint density at radius 1 is 1.07 bits per heavy atom. The molecule has 14 heavy (non-hydrogen) atoms. The van der Waals surface area contributed by atoms with E-state index in [1.165, 1.54) is 32.1 Å². The Morgan fingerprint density at radius 2 is 2.00 bits per heavy atom. The Labute approximate surface area is 85.6 Å². The molecule has 3 aliphatic rings. The fraction of sp³-hybridized carbons (Fsp3) is 1.00. The molecule has 1 saturated heterocycles. The quantitative estimate of drug-likeness (QED) is 0.731. The van der Waals surface area contributed by atoms with Crippen LogP contribution in [0.2, 0.25) is 0 Å². The van der Waals surface area contributed by atoms with Crippen molar-refractivity contribution in [1.82, 2.24) is 0 Å². The van der Waals surface area contributed by atoms with Gasteiger partial charge in [0.2, 0.25) is 0 Å². The van der Waals surface area contributed by atoms with Gasteiger partial charge in [-0.15, -0.1) is 0 Å². The van der Waals surface area contributed by atoms with Gasteiger partial charge in [0, 0.05) is 0 Å². The van der Waals surface area contributed by atoms with E-state index in [0.717, 1.165) is 24.2 Å². The molecule has 3 rings (SSSR count). The van der Waals surface area contributed by atoms with E-state index in [1.54, 1.807) is 0 Å². The van der Waals surface area contributed by atoms with Crippen LogP contribution in [0.5, 0.6) is 0 Å². The molecule has 2 bridgehead atoms. The van der Waals surface area contributed by atoms with Gasteiger partial charge >= 0.3 is 0 Å². The molecule has 1 N–H and O–H groups in total. The largest absolute Gasteiger partial charge is 0.394 e. The fourth-order valence-corrected chi connectivity index (χ4v) is 3.93. The standard InChI is InChI=1S/C12H20O2/c13-7-10-3-4-12(14-10)11-6-8-1-2-9(11)5-8/h8-13H,1-7H2. The van der Waals surface area contributed by atoms with E-state index >= 15 is 0 Å². The molecule has 2 aliphatic carbocycles. The van der Waals surface area contributed by atoms with E-state index in [9.17, 15) is 0 Å². The third-order valence-corrected chi connectivity index (χ3v) is 4.61. The molecule has 0 aromatic heterocycles. The number of hydrogen-bond donors (Lipinski definition) is 1. The highest BCUT2D eigenvalue weighted by molar-refractivity contribution is 4.95. The first-order valence-corrected chi connectivity index (χ1v) is 6.13. The van der Waals surface area contributed by atoms with Crippen LogP contribution in [0.15, 0.2) is 0 Å². The van der Waals surface area contributed by atoms with Crippen LogP contribution in [0, 0.1) is 17.8 Å². The molecule has 1 heterocycles. The summed E-state index contributed by atoms with van der Waals surface area (Å²) in [6, 6.07) is 0. The molecule has 2 nitrogen and oxygen atoms in total. The average Bonchev–Trinajstić information content (AvgIpc) is 2.93. The molecule has 0 amide bonds. The lowest BCUT2D eigenvalue weighted by atomic mass is 9.84. The van der Waals surface area contributed by atoms with Gasteiger partial charge in [0.05, 0.1) is 18.8 Å². The number of aliphatic hydroxyl groups is 1. The van der Waals surface area contributed by atoms with Crippen molar-refractivity contribution in [3.05, 3.63) is 0 Å². The van der Waals surface area contributed by atoms with Gasteiger partial charge in [0.25, 0.3) is 0 Å². The Balaban J connectivity index is 1.62. The van der Waals surface area contributed by atoms with Gasteiger partial charge in [0.15, 0.2) is 0 Å². The van der Waals surface area contributed by atoms with E-state index in [0.29, 0.717) is 6.10 Å². The van der Waals surface area contributed by atoms with Gasteiger partial charge in [-0.3, -0.25) is 0 Å². The van der Waals surface area contributed by atoms with Crippen molar-refractivity contribution in [3.63, 3.8) is 0 Å². The molecule has 2 saturated carbocycles. The van der Waals surface area contributed by atoms with Gasteiger partial charge in [-0.05, 0) is 49.9 Å². The number of ether oxygens (including phenoxy) is 1. The predicted octanol–water partition coefficient (Wildman–Crippen LogP) is 1.96. The van der Waals surface area contributed by atoms with Gasteiger partial charge in [-0.1, -0.05) is 6.42 Å². The highest BCUT2D eigenvalue weighted by Gasteiger charge is 2.45. The van der Waals surface area contributed by atoms with Gasteiger partial charge in [-0.25, -0.2) is 0 Å². The molecule has 80 valence electrons. The van der Waals surface area contributed by atoms with Crippen molar-refractivity contribution >= 4 is 0 Å². The average molecular weight is 196 g/mol. The molecule has 3 fully saturated rings. The third kappa shape index (κ3) is 1.40. The Kier molecular flexibility index (Phi) is 2.29. The zero-order chi connectivity index (χ0) is 9.54. The molecular weight excluding hydrogens is 176 g/mol. The molecule has 1 aliphatic heterocycles. The molecule has 0 aromatic rings. The smallest absolute Gasteiger partial charge is 0.0810 e. The van der Waals surface area contributed by atoms with Gasteiger partial charge in [0.1, 0.15) is 0 Å². The maximum atomic E-state index is 9.03. The van der Waals surface area contributed by atoms with Crippen molar-refractivity contribution in [1.29, 1.82) is 0 Å². The minimum Gasteiger partial charge on any atom is -0.394 e. The van der Waals surface area contributed by atoms with Crippen LogP contribution >= 0.6 is 0 Å². The summed E-state index contributed by atoms with van der Waals surface area (Å²) in [6.07, 6.45) is 8.70. The van der Waals surface area contributed by atoms with Crippen molar-refractivity contribution in [2.45, 2.75) is 50.7 Å². The maximum Gasteiger partial charge on any atom is 0.0810 e. The second kappa shape index (κ2) is 3.49. The van der Waals surface area contributed by atoms with Gasteiger partial charge < -0.3 is 9.84 Å². The second-order valence-corrected chi connectivity index (χ2v) is 5.40. The van der Waals surface area contributed by atoms with Crippen LogP contribution in [0.25, 0.3) is 0 Å². The normalized spacial score (nSPS) is 51.6. The summed E-state index contributed by atoms with van der Waals surface area (Å²) in [4.78, 5) is 0. The fourth-order valence-electron chi connectivity index (χ4n) is 3.93. The number of aliphatic hydroxyl groups excluding tert-OH is 1. The molecule has 0 radical (unpaired) electrons. The Bertz CT molecular complexity index is 216. The van der Waals surface area contributed by atoms with Crippen LogP contribution in [-0.4, -0.2) is 23.9 Å². The number of hydrogen-bond acceptors (Lipinski definition) is 2. The summed E-state index contributed by atoms with van der Waals surface area (Å²) in [7, 11) is 0. The van der Waals surface area contributed by atoms with E-state index < -0.39 is 0 Å². The SMILES string of the molecule is OCC1CCC(C2CC3CCC2C3)O1. The van der Waals surface area contributed by atoms with Crippen LogP contribution < -0.4 is 0 Å². The summed E-state index contributed by atoms with van der Waals surface area (Å²) < 4.78 is 5.90. The second-order valence-electron chi connectivity index (χ2n) is 5.40. The number of rotatable bonds is 2. The van der Waals surface area contributed by atoms with Crippen molar-refractivity contribution in [3.8, 4) is 0 Å². The highest BCUT2D eigenvalue weighted by atomic mass is 16.5. The lowest BCUT2D eigenvalue weighted by molar-refractivity contribution is -0.0261. The first kappa shape index (κ1) is 9.17. The first-order valence-electron chi connectivity index (χ1n) is 6.13. The third-order valence-electron chi connectivity index (χ3n) is 4.61. The maximum absolute atomic E-state index is 9.03. The van der Waals surface area contributed by atoms with Crippen LogP contribution in [0.1, 0.15) is 38.5 Å². The van der Waals surface area contributed by atoms with Crippen molar-refractivity contribution < 1.29 is 9.84 Å². The molecule has 0 aromatic carbocycles. The van der Waals surface area contributed by atoms with Crippen molar-refractivity contribution in [2.75, 3.05) is 6.61 Å². The molecule has 5 unspecified atom stereocenters. The lowest BCUT2D eigenvalue weighted by Crippen LogP contribution is -2.26. The molecule has 2 heteroatoms. The summed E-state index contributed by atoms with van der Waals surface area (Å²) in [5, 5.41) is 9.03. The van der Waals surface area contributed by atoms with E-state index in [4.69, 9.17) is 9.84 Å². The topological polar surface area (TPSA) is 29.5 Å². The molecular formula is C12H20O2. The first-order chi connectivity index (χ1) is 6.86. The zero-order valence-corrected chi connectivity index (χ0v) is 8.69. The van der Waals surface area contributed by atoms with E-state index in [2.05, 4.69) is 0 Å². The Hall–Kier alpha value is -0.0800. The minimum atomic E-state index is 0.152. The van der Waals surface area contributed by atoms with E-state index in [-0.39, 0.29) is 12.7 Å². The monoisotopic (exact) mass is 196 g/mol. The van der Waals surface area contributed by atoms with Gasteiger partial charge in [-0.2, -0.15) is 0 Å². The molecule has 0 spiro atoms. The van der Waals surface area contributed by atoms with E-state index in [1.807, 2.05) is 0 Å². The summed E-state index contributed by atoms with van der Waals surface area (Å²) >= 11 is 0. The van der Waals surface area contributed by atoms with Crippen molar-refractivity contribution in [2.24, 2.45) is 17.8 Å². The number of fused-ring (bicyclic) bond motifs is 2. The Morgan fingerprint density at radius 3 is 2.57 bits per heavy atom. The van der Waals surface area contributed by atoms with Crippen LogP contribution in [0.4, 0.5) is 0 Å². The van der Waals surface area contributed by atoms with Crippen LogP contribution in [-0.2, 0) is 4.74 Å². The van der Waals surface area contributed by atoms with Crippen LogP contribution in [0.3, 0.4) is 0 Å². The predicted molar refractivity (Wildman–Crippen MR) is 53.9 cm³/mol.